The molecule has 0 aromatic heterocycles. The molecule has 0 unspecified atom stereocenters. The first-order valence-corrected chi connectivity index (χ1v) is 20.7. The van der Waals surface area contributed by atoms with Crippen molar-refractivity contribution in [3.05, 3.63) is 0 Å². The van der Waals surface area contributed by atoms with Crippen LogP contribution >= 0.6 is 0 Å². The van der Waals surface area contributed by atoms with Crippen LogP contribution in [0.2, 0.25) is 0 Å². The highest BCUT2D eigenvalue weighted by molar-refractivity contribution is 5.20. The summed E-state index contributed by atoms with van der Waals surface area (Å²) in [5.74, 6) is 0.864. The minimum Gasteiger partial charge on any atom is -0.394 e. The van der Waals surface area contributed by atoms with Crippen LogP contribution < -0.4 is 0 Å². The molecule has 312 valence electrons. The van der Waals surface area contributed by atoms with Gasteiger partial charge in [-0.15, -0.1) is 0 Å². The summed E-state index contributed by atoms with van der Waals surface area (Å²) in [7, 11) is 0. The third-order valence-corrected chi connectivity index (χ3v) is 17.1. The normalized spacial score (nSPS) is 56.2. The Hall–Kier alpha value is -0.520. The second-order valence-electron chi connectivity index (χ2n) is 20.6. The molecular weight excluding hydrogens is 700 g/mol. The maximum absolute atomic E-state index is 12.3. The molecule has 0 radical (unpaired) electrons. The minimum absolute atomic E-state index is 0.00233. The second-order valence-corrected chi connectivity index (χ2v) is 20.6. The molecule has 13 nitrogen and oxygen atoms in total. The Morgan fingerprint density at radius 1 is 0.704 bits per heavy atom. The zero-order chi connectivity index (χ0) is 39.6. The molecule has 13 heteroatoms. The average Bonchev–Trinajstić information content (AvgIpc) is 3.69. The van der Waals surface area contributed by atoms with E-state index in [2.05, 4.69) is 41.5 Å². The molecule has 3 saturated heterocycles. The van der Waals surface area contributed by atoms with E-state index in [1.165, 1.54) is 0 Å². The standard InChI is InChI=1S/C41H70O13/c1-36(2)24-10-15-39(6)25(17-21(43)28-20(9-14-40(28,39)7)41(8)16-12-27(54-41)37(3,4)49)38(24,5)13-11-26(36)52-35-33(29(45)22(44)19-50-35)53-34-32(48)31(47)30(46)23(18-42)51-34/h20-35,42-49H,9-19H2,1-8H3/t20-,21+,22+,23+,24-,25+,26-,27+,28-,29-,30-,31-,32+,33+,34+,35-,38-,39+,40+,41-/m0/s1. The number of ether oxygens (including phenoxy) is 5. The molecule has 7 fully saturated rings. The minimum atomic E-state index is -1.70. The molecule has 0 aromatic carbocycles. The Bertz CT molecular complexity index is 1360. The fraction of sp³-hybridized carbons (Fsp3) is 1.00. The van der Waals surface area contributed by atoms with Gasteiger partial charge >= 0.3 is 0 Å². The van der Waals surface area contributed by atoms with Gasteiger partial charge in [-0.05, 0) is 124 Å². The van der Waals surface area contributed by atoms with Crippen LogP contribution in [0, 0.1) is 45.3 Å². The number of hydrogen-bond acceptors (Lipinski definition) is 13. The lowest BCUT2D eigenvalue weighted by molar-refractivity contribution is -0.367. The molecule has 4 saturated carbocycles. The van der Waals surface area contributed by atoms with Crippen LogP contribution in [0.15, 0.2) is 0 Å². The van der Waals surface area contributed by atoms with Gasteiger partial charge in [-0.3, -0.25) is 0 Å². The molecular formula is C41H70O13. The summed E-state index contributed by atoms with van der Waals surface area (Å²) in [5, 5.41) is 85.7. The maximum atomic E-state index is 12.3. The Morgan fingerprint density at radius 2 is 1.39 bits per heavy atom. The zero-order valence-corrected chi connectivity index (χ0v) is 33.6. The van der Waals surface area contributed by atoms with Gasteiger partial charge in [-0.1, -0.05) is 34.6 Å². The average molecular weight is 771 g/mol. The monoisotopic (exact) mass is 770 g/mol. The lowest BCUT2D eigenvalue weighted by atomic mass is 9.35. The summed E-state index contributed by atoms with van der Waals surface area (Å²) < 4.78 is 31.0. The van der Waals surface area contributed by atoms with E-state index in [9.17, 15) is 40.9 Å². The van der Waals surface area contributed by atoms with Gasteiger partial charge in [0, 0.05) is 0 Å². The quantitative estimate of drug-likeness (QED) is 0.175. The van der Waals surface area contributed by atoms with E-state index >= 15 is 0 Å². The maximum Gasteiger partial charge on any atom is 0.187 e. The number of aliphatic hydroxyl groups excluding tert-OH is 7. The van der Waals surface area contributed by atoms with E-state index in [0.717, 1.165) is 51.4 Å². The van der Waals surface area contributed by atoms with Crippen LogP contribution in [-0.4, -0.2) is 139 Å². The summed E-state index contributed by atoms with van der Waals surface area (Å²) in [6.07, 6.45) is -5.82. The van der Waals surface area contributed by atoms with Crippen molar-refractivity contribution < 1.29 is 64.5 Å². The Kier molecular flexibility index (Phi) is 10.8. The highest BCUT2D eigenvalue weighted by Gasteiger charge is 2.72. The number of rotatable bonds is 7. The van der Waals surface area contributed by atoms with E-state index in [0.29, 0.717) is 6.42 Å². The molecule has 0 amide bonds. The van der Waals surface area contributed by atoms with Crippen LogP contribution in [0.1, 0.15) is 113 Å². The van der Waals surface area contributed by atoms with Crippen molar-refractivity contribution in [2.24, 2.45) is 45.3 Å². The van der Waals surface area contributed by atoms with Crippen molar-refractivity contribution in [1.82, 2.24) is 0 Å². The fourth-order valence-electron chi connectivity index (χ4n) is 13.8. The van der Waals surface area contributed by atoms with Crippen LogP contribution in [0.25, 0.3) is 0 Å². The van der Waals surface area contributed by atoms with Crippen molar-refractivity contribution >= 4 is 0 Å². The number of aliphatic hydroxyl groups is 8. The lowest BCUT2D eigenvalue weighted by Gasteiger charge is -2.70. The van der Waals surface area contributed by atoms with Gasteiger partial charge in [-0.25, -0.2) is 0 Å². The molecule has 0 aromatic rings. The van der Waals surface area contributed by atoms with Gasteiger partial charge in [0.15, 0.2) is 12.6 Å². The van der Waals surface area contributed by atoms with Crippen LogP contribution in [-0.2, 0) is 23.7 Å². The highest BCUT2D eigenvalue weighted by Crippen LogP contribution is 2.76. The van der Waals surface area contributed by atoms with E-state index in [1.807, 2.05) is 13.8 Å². The molecule has 3 aliphatic heterocycles. The third kappa shape index (κ3) is 6.28. The van der Waals surface area contributed by atoms with E-state index in [4.69, 9.17) is 23.7 Å². The van der Waals surface area contributed by atoms with Crippen LogP contribution in [0.3, 0.4) is 0 Å². The second kappa shape index (κ2) is 14.1. The first-order chi connectivity index (χ1) is 25.0. The van der Waals surface area contributed by atoms with E-state index in [-0.39, 0.29) is 69.7 Å². The fourth-order valence-corrected chi connectivity index (χ4v) is 13.8. The molecule has 7 rings (SSSR count). The van der Waals surface area contributed by atoms with Crippen molar-refractivity contribution in [2.45, 2.75) is 198 Å². The highest BCUT2D eigenvalue weighted by atomic mass is 16.8. The molecule has 0 bridgehead atoms. The van der Waals surface area contributed by atoms with Gasteiger partial charge in [0.2, 0.25) is 0 Å². The van der Waals surface area contributed by atoms with Gasteiger partial charge in [0.1, 0.15) is 42.7 Å². The Balaban J connectivity index is 1.09. The van der Waals surface area contributed by atoms with Crippen molar-refractivity contribution in [1.29, 1.82) is 0 Å². The first-order valence-electron chi connectivity index (χ1n) is 20.7. The Morgan fingerprint density at radius 3 is 2.04 bits per heavy atom. The van der Waals surface area contributed by atoms with Gasteiger partial charge in [0.05, 0.1) is 42.7 Å². The molecule has 20 atom stereocenters. The Labute approximate surface area is 320 Å². The third-order valence-electron chi connectivity index (χ3n) is 17.1. The predicted molar refractivity (Wildman–Crippen MR) is 194 cm³/mol. The first kappa shape index (κ1) is 41.6. The van der Waals surface area contributed by atoms with Crippen LogP contribution in [0.5, 0.6) is 0 Å². The molecule has 3 heterocycles. The molecule has 54 heavy (non-hydrogen) atoms. The topological polar surface area (TPSA) is 208 Å². The SMILES string of the molecule is CC(C)(O)[C@H]1CC[C@@](C)([C@H]2CC[C@]3(C)[C@@H]2[C@H](O)C[C@@H]2[C@@]4(C)CC[C@H](O[C@@H]5OC[C@@H](O)[C@H](O)[C@H]5O[C@H]5O[C@H](CO)[C@H](O)[C@H](O)[C@H]5O)C(C)(C)[C@@H]4CC[C@]23C)O1. The van der Waals surface area contributed by atoms with Crippen molar-refractivity contribution in [2.75, 3.05) is 13.2 Å². The molecule has 0 spiro atoms. The van der Waals surface area contributed by atoms with Crippen molar-refractivity contribution in [3.8, 4) is 0 Å². The molecule has 8 N–H and O–H groups in total. The van der Waals surface area contributed by atoms with Gasteiger partial charge in [-0.2, -0.15) is 0 Å². The smallest absolute Gasteiger partial charge is 0.187 e. The number of hydrogen-bond donors (Lipinski definition) is 8. The number of fused-ring (bicyclic) bond motifs is 5. The summed E-state index contributed by atoms with van der Waals surface area (Å²) >= 11 is 0. The lowest BCUT2D eigenvalue weighted by Crippen LogP contribution is -2.67. The summed E-state index contributed by atoms with van der Waals surface area (Å²) in [4.78, 5) is 0. The largest absolute Gasteiger partial charge is 0.394 e. The van der Waals surface area contributed by atoms with E-state index < -0.39 is 73.6 Å². The van der Waals surface area contributed by atoms with Gasteiger partial charge < -0.3 is 64.5 Å². The molecule has 4 aliphatic carbocycles. The van der Waals surface area contributed by atoms with Crippen LogP contribution in [0.4, 0.5) is 0 Å². The summed E-state index contributed by atoms with van der Waals surface area (Å²) in [5.41, 5.74) is -1.81. The summed E-state index contributed by atoms with van der Waals surface area (Å²) in [6.45, 7) is 16.9. The van der Waals surface area contributed by atoms with Crippen molar-refractivity contribution in [3.63, 3.8) is 0 Å². The van der Waals surface area contributed by atoms with Gasteiger partial charge in [0.25, 0.3) is 0 Å². The molecule has 7 aliphatic rings. The van der Waals surface area contributed by atoms with E-state index in [1.54, 1.807) is 0 Å². The zero-order valence-electron chi connectivity index (χ0n) is 33.6. The summed E-state index contributed by atoms with van der Waals surface area (Å²) in [6, 6.07) is 0. The predicted octanol–water partition coefficient (Wildman–Crippen LogP) is 2.00.